The summed E-state index contributed by atoms with van der Waals surface area (Å²) in [5, 5.41) is 9.92. The van der Waals surface area contributed by atoms with Crippen molar-refractivity contribution in [2.45, 2.75) is 34.1 Å². The topological polar surface area (TPSA) is 67.1 Å². The first-order valence-corrected chi connectivity index (χ1v) is 10.4. The number of rotatable bonds is 7. The molecular weight excluding hydrogens is 410 g/mol. The van der Waals surface area contributed by atoms with Gasteiger partial charge in [-0.25, -0.2) is 23.3 Å². The highest BCUT2D eigenvalue weighted by molar-refractivity contribution is 5.82. The number of halogens is 2. The molecule has 0 radical (unpaired) electrons. The maximum Gasteiger partial charge on any atom is 0.250 e. The summed E-state index contributed by atoms with van der Waals surface area (Å²) in [6.45, 7) is 17.2. The monoisotopic (exact) mass is 442 g/mol. The molecule has 0 amide bonds. The van der Waals surface area contributed by atoms with Gasteiger partial charge in [0, 0.05) is 30.1 Å². The Balaban J connectivity index is 0.000000534. The summed E-state index contributed by atoms with van der Waals surface area (Å²) < 4.78 is 23.8. The third-order valence-corrected chi connectivity index (χ3v) is 4.56. The smallest absolute Gasteiger partial charge is 0.250 e. The lowest BCUT2D eigenvalue weighted by Crippen LogP contribution is -2.20. The van der Waals surface area contributed by atoms with Gasteiger partial charge >= 0.3 is 0 Å². The Labute approximate surface area is 188 Å². The van der Waals surface area contributed by atoms with Crippen LogP contribution in [0.5, 0.6) is 0 Å². The number of pyridine rings is 1. The number of anilines is 1. The second kappa shape index (κ2) is 10.9. The molecule has 3 heterocycles. The molecule has 0 aliphatic heterocycles. The Morgan fingerprint density at radius 2 is 2.00 bits per heavy atom. The van der Waals surface area contributed by atoms with E-state index in [9.17, 15) is 8.78 Å². The second-order valence-corrected chi connectivity index (χ2v) is 8.58. The maximum atomic E-state index is 11.0. The average Bonchev–Trinajstić information content (AvgIpc) is 3.14. The highest BCUT2D eigenvalue weighted by Crippen LogP contribution is 2.26. The van der Waals surface area contributed by atoms with E-state index in [4.69, 9.17) is 0 Å². The lowest BCUT2D eigenvalue weighted by atomic mass is 9.97. The van der Waals surface area contributed by atoms with Gasteiger partial charge < -0.3 is 10.6 Å². The molecule has 3 rings (SSSR count). The molecule has 0 spiro atoms. The van der Waals surface area contributed by atoms with Crippen LogP contribution in [0.25, 0.3) is 17.2 Å². The minimum absolute atomic E-state index is 0.170. The Morgan fingerprint density at radius 1 is 1.28 bits per heavy atom. The summed E-state index contributed by atoms with van der Waals surface area (Å²) in [6, 6.07) is 4.07. The number of aryl methyl sites for hydroxylation is 1. The zero-order valence-electron chi connectivity index (χ0n) is 19.4. The van der Waals surface area contributed by atoms with Crippen LogP contribution in [0.2, 0.25) is 0 Å². The molecule has 0 saturated heterocycles. The van der Waals surface area contributed by atoms with Crippen LogP contribution in [-0.2, 0) is 0 Å². The number of alkyl halides is 2. The Kier molecular flexibility index (Phi) is 8.60. The van der Waals surface area contributed by atoms with E-state index in [1.807, 2.05) is 29.9 Å². The SMILES string of the molecule is C=Cc1cnn2ccc(C(=C)c3cnc(NCC(C)(C)C)nc3C)cc12.CNCC(F)F. The predicted molar refractivity (Wildman–Crippen MR) is 128 cm³/mol. The minimum Gasteiger partial charge on any atom is -0.354 e. The van der Waals surface area contributed by atoms with Gasteiger partial charge in [0.25, 0.3) is 6.43 Å². The molecule has 3 aromatic rings. The van der Waals surface area contributed by atoms with Gasteiger partial charge in [0.1, 0.15) is 0 Å². The molecule has 8 heteroatoms. The van der Waals surface area contributed by atoms with Gasteiger partial charge in [0.2, 0.25) is 5.95 Å². The molecule has 2 N–H and O–H groups in total. The first-order chi connectivity index (χ1) is 15.1. The van der Waals surface area contributed by atoms with Crippen LogP contribution in [-0.4, -0.2) is 46.1 Å². The van der Waals surface area contributed by atoms with E-state index in [2.05, 4.69) is 65.7 Å². The Bertz CT molecular complexity index is 1070. The summed E-state index contributed by atoms with van der Waals surface area (Å²) in [7, 11) is 1.49. The highest BCUT2D eigenvalue weighted by atomic mass is 19.3. The van der Waals surface area contributed by atoms with Crippen LogP contribution >= 0.6 is 0 Å². The van der Waals surface area contributed by atoms with Crippen molar-refractivity contribution in [3.05, 3.63) is 66.3 Å². The quantitative estimate of drug-likeness (QED) is 0.535. The molecule has 0 aromatic carbocycles. The molecule has 0 unspecified atom stereocenters. The number of nitrogens with zero attached hydrogens (tertiary/aromatic N) is 4. The molecule has 172 valence electrons. The van der Waals surface area contributed by atoms with E-state index in [1.54, 1.807) is 12.3 Å². The van der Waals surface area contributed by atoms with Crippen molar-refractivity contribution >= 4 is 23.1 Å². The van der Waals surface area contributed by atoms with E-state index in [0.29, 0.717) is 5.95 Å². The summed E-state index contributed by atoms with van der Waals surface area (Å²) in [5.41, 5.74) is 5.92. The number of nitrogens with one attached hydrogen (secondary N) is 2. The standard InChI is InChI=1S/C21H25N5.C3H7F2N/c1-7-16-11-24-26-9-8-17(10-19(16)26)14(2)18-12-22-20(25-15(18)3)23-13-21(4,5)6;1-6-2-3(4)5/h7-12H,1-2,13H2,3-6H3,(H,22,23,25);3,6H,2H2,1H3. The summed E-state index contributed by atoms with van der Waals surface area (Å²) in [6.07, 6.45) is 5.16. The van der Waals surface area contributed by atoms with Crippen LogP contribution in [0.1, 0.15) is 43.2 Å². The zero-order valence-corrected chi connectivity index (χ0v) is 19.4. The van der Waals surface area contributed by atoms with E-state index in [0.717, 1.165) is 40.0 Å². The van der Waals surface area contributed by atoms with Crippen molar-refractivity contribution in [3.8, 4) is 0 Å². The number of hydrogen-bond donors (Lipinski definition) is 2. The third kappa shape index (κ3) is 6.95. The van der Waals surface area contributed by atoms with Crippen molar-refractivity contribution < 1.29 is 8.78 Å². The van der Waals surface area contributed by atoms with Crippen molar-refractivity contribution in [1.82, 2.24) is 24.9 Å². The Morgan fingerprint density at radius 3 is 2.53 bits per heavy atom. The largest absolute Gasteiger partial charge is 0.354 e. The predicted octanol–water partition coefficient (Wildman–Crippen LogP) is 5.07. The van der Waals surface area contributed by atoms with Crippen molar-refractivity contribution in [2.75, 3.05) is 25.5 Å². The van der Waals surface area contributed by atoms with Crippen LogP contribution in [0.3, 0.4) is 0 Å². The molecule has 0 saturated carbocycles. The molecule has 0 aliphatic rings. The van der Waals surface area contributed by atoms with Crippen LogP contribution in [0, 0.1) is 12.3 Å². The zero-order chi connectivity index (χ0) is 23.9. The van der Waals surface area contributed by atoms with E-state index in [-0.39, 0.29) is 12.0 Å². The number of hydrogen-bond acceptors (Lipinski definition) is 5. The molecular formula is C24H32F2N6. The first-order valence-electron chi connectivity index (χ1n) is 10.4. The normalized spacial score (nSPS) is 11.2. The highest BCUT2D eigenvalue weighted by Gasteiger charge is 2.13. The van der Waals surface area contributed by atoms with Crippen LogP contribution in [0.4, 0.5) is 14.7 Å². The van der Waals surface area contributed by atoms with Gasteiger partial charge in [0.15, 0.2) is 0 Å². The molecule has 0 bridgehead atoms. The van der Waals surface area contributed by atoms with E-state index in [1.165, 1.54) is 7.05 Å². The molecule has 32 heavy (non-hydrogen) atoms. The van der Waals surface area contributed by atoms with Gasteiger partial charge in [-0.1, -0.05) is 40.0 Å². The molecule has 3 aromatic heterocycles. The van der Waals surface area contributed by atoms with Gasteiger partial charge in [-0.3, -0.25) is 0 Å². The molecule has 6 nitrogen and oxygen atoms in total. The average molecular weight is 443 g/mol. The fourth-order valence-corrected chi connectivity index (χ4v) is 2.85. The fraction of sp³-hybridized carbons (Fsp3) is 0.375. The fourth-order valence-electron chi connectivity index (χ4n) is 2.85. The number of aromatic nitrogens is 4. The lowest BCUT2D eigenvalue weighted by Gasteiger charge is -2.19. The Hall–Kier alpha value is -3.13. The number of fused-ring (bicyclic) bond motifs is 1. The van der Waals surface area contributed by atoms with Crippen molar-refractivity contribution in [2.24, 2.45) is 5.41 Å². The van der Waals surface area contributed by atoms with E-state index < -0.39 is 6.43 Å². The molecule has 0 aliphatic carbocycles. The third-order valence-electron chi connectivity index (χ3n) is 4.56. The summed E-state index contributed by atoms with van der Waals surface area (Å²) in [5.74, 6) is 0.647. The molecule has 0 atom stereocenters. The van der Waals surface area contributed by atoms with Gasteiger partial charge in [-0.15, -0.1) is 0 Å². The van der Waals surface area contributed by atoms with Gasteiger partial charge in [-0.05, 0) is 42.7 Å². The van der Waals surface area contributed by atoms with Gasteiger partial charge in [-0.2, -0.15) is 5.10 Å². The van der Waals surface area contributed by atoms with E-state index >= 15 is 0 Å². The lowest BCUT2D eigenvalue weighted by molar-refractivity contribution is 0.149. The van der Waals surface area contributed by atoms with Crippen molar-refractivity contribution in [3.63, 3.8) is 0 Å². The van der Waals surface area contributed by atoms with Crippen LogP contribution < -0.4 is 10.6 Å². The minimum atomic E-state index is -2.21. The summed E-state index contributed by atoms with van der Waals surface area (Å²) >= 11 is 0. The van der Waals surface area contributed by atoms with Crippen LogP contribution in [0.15, 0.2) is 43.9 Å². The van der Waals surface area contributed by atoms with Crippen molar-refractivity contribution in [1.29, 1.82) is 0 Å². The molecule has 0 fully saturated rings. The second-order valence-electron chi connectivity index (χ2n) is 8.58. The first kappa shape index (κ1) is 25.1. The maximum absolute atomic E-state index is 11.0. The summed E-state index contributed by atoms with van der Waals surface area (Å²) in [4.78, 5) is 9.05. The van der Waals surface area contributed by atoms with Gasteiger partial charge in [0.05, 0.1) is 24.0 Å².